The van der Waals surface area contributed by atoms with Gasteiger partial charge in [-0.25, -0.2) is 9.59 Å². The largest absolute Gasteiger partial charge is 0.480 e. The number of nitrogens with one attached hydrogen (secondary N) is 1. The molecule has 1 atom stereocenters. The molecule has 0 saturated heterocycles. The van der Waals surface area contributed by atoms with Crippen molar-refractivity contribution in [3.05, 3.63) is 0 Å². The summed E-state index contributed by atoms with van der Waals surface area (Å²) < 4.78 is 4.31. The molecule has 0 spiro atoms. The summed E-state index contributed by atoms with van der Waals surface area (Å²) in [5.74, 6) is 6.93. The molecule has 7 nitrogen and oxygen atoms in total. The first-order valence-corrected chi connectivity index (χ1v) is 4.19. The predicted molar refractivity (Wildman–Crippen MR) is 54.8 cm³/mol. The van der Waals surface area contributed by atoms with Crippen molar-refractivity contribution < 1.29 is 19.4 Å². The lowest BCUT2D eigenvalue weighted by molar-refractivity contribution is -0.142. The van der Waals surface area contributed by atoms with Gasteiger partial charge < -0.3 is 15.2 Å². The fraction of sp³-hybridized carbons (Fsp3) is 0.750. The molecule has 7 heteroatoms. The van der Waals surface area contributed by atoms with E-state index in [1.807, 2.05) is 0 Å². The molecule has 0 aromatic heterocycles. The number of carbonyl (C=O) groups is 2. The molecule has 0 bridgehead atoms. The van der Waals surface area contributed by atoms with Crippen LogP contribution >= 0.6 is 0 Å². The maximum Gasteiger partial charge on any atom is 0.407 e. The Morgan fingerprint density at radius 2 is 1.73 bits per heavy atom. The number of ether oxygens (including phenoxy) is 1. The van der Waals surface area contributed by atoms with Crippen LogP contribution in [0.4, 0.5) is 4.79 Å². The Bertz CT molecular complexity index is 212. The number of aliphatic carboxylic acids is 1. The van der Waals surface area contributed by atoms with Crippen LogP contribution in [0.3, 0.4) is 0 Å². The minimum atomic E-state index is -1.07. The third kappa shape index (κ3) is 6.69. The molecule has 0 aromatic rings. The van der Waals surface area contributed by atoms with Gasteiger partial charge in [0.25, 0.3) is 0 Å². The lowest BCUT2D eigenvalue weighted by Crippen LogP contribution is -2.49. The summed E-state index contributed by atoms with van der Waals surface area (Å²) in [4.78, 5) is 21.5. The number of methoxy groups -OCH3 is 1. The number of carbonyl (C=O) groups excluding carboxylic acids is 1. The molecule has 0 saturated carbocycles. The topological polar surface area (TPSA) is 128 Å². The SMILES string of the molecule is COC(=O)N[C@H](C(=O)O)C(C)(C)C.NN. The van der Waals surface area contributed by atoms with Crippen molar-refractivity contribution in [1.82, 2.24) is 5.32 Å². The Morgan fingerprint density at radius 1 is 1.33 bits per heavy atom. The second kappa shape index (κ2) is 7.02. The highest BCUT2D eigenvalue weighted by atomic mass is 16.5. The zero-order valence-electron chi connectivity index (χ0n) is 9.40. The van der Waals surface area contributed by atoms with E-state index in [4.69, 9.17) is 5.11 Å². The smallest absolute Gasteiger partial charge is 0.407 e. The van der Waals surface area contributed by atoms with Gasteiger partial charge in [0.1, 0.15) is 6.04 Å². The van der Waals surface area contributed by atoms with E-state index in [2.05, 4.69) is 21.7 Å². The summed E-state index contributed by atoms with van der Waals surface area (Å²) in [6, 6.07) is -0.944. The van der Waals surface area contributed by atoms with Crippen LogP contribution in [-0.4, -0.2) is 30.3 Å². The van der Waals surface area contributed by atoms with Crippen molar-refractivity contribution in [3.63, 3.8) is 0 Å². The van der Waals surface area contributed by atoms with Gasteiger partial charge in [-0.3, -0.25) is 11.7 Å². The second-order valence-corrected chi connectivity index (χ2v) is 3.77. The van der Waals surface area contributed by atoms with Crippen LogP contribution in [0, 0.1) is 5.41 Å². The fourth-order valence-corrected chi connectivity index (χ4v) is 0.825. The molecule has 6 N–H and O–H groups in total. The van der Waals surface area contributed by atoms with Crippen LogP contribution in [0.5, 0.6) is 0 Å². The molecular formula is C8H19N3O4. The number of nitrogens with two attached hydrogens (primary N) is 2. The third-order valence-corrected chi connectivity index (χ3v) is 1.56. The van der Waals surface area contributed by atoms with Crippen molar-refractivity contribution in [2.45, 2.75) is 26.8 Å². The van der Waals surface area contributed by atoms with Crippen molar-refractivity contribution in [2.24, 2.45) is 17.1 Å². The van der Waals surface area contributed by atoms with E-state index in [1.165, 1.54) is 7.11 Å². The Labute approximate surface area is 88.7 Å². The minimum absolute atomic E-state index is 0.542. The average Bonchev–Trinajstić information content (AvgIpc) is 2.14. The second-order valence-electron chi connectivity index (χ2n) is 3.77. The highest BCUT2D eigenvalue weighted by Gasteiger charge is 2.32. The molecule has 0 aliphatic carbocycles. The van der Waals surface area contributed by atoms with Gasteiger partial charge in [0.15, 0.2) is 0 Å². The number of hydrogen-bond acceptors (Lipinski definition) is 5. The number of hydrogen-bond donors (Lipinski definition) is 4. The van der Waals surface area contributed by atoms with Gasteiger partial charge in [-0.05, 0) is 5.41 Å². The standard InChI is InChI=1S/C8H15NO4.H4N2/c1-8(2,3)5(6(10)11)9-7(12)13-4;1-2/h5H,1-4H3,(H,9,12)(H,10,11);1-2H2/t5-;/m1./s1. The van der Waals surface area contributed by atoms with Crippen molar-refractivity contribution in [1.29, 1.82) is 0 Å². The normalized spacial score (nSPS) is 11.9. The van der Waals surface area contributed by atoms with Crippen LogP contribution in [0.1, 0.15) is 20.8 Å². The molecule has 0 heterocycles. The molecule has 0 fully saturated rings. The zero-order chi connectivity index (χ0) is 12.6. The van der Waals surface area contributed by atoms with Crippen LogP contribution < -0.4 is 17.0 Å². The Hall–Kier alpha value is -1.34. The molecule has 0 aliphatic rings. The van der Waals surface area contributed by atoms with E-state index in [1.54, 1.807) is 20.8 Å². The Morgan fingerprint density at radius 3 is 1.93 bits per heavy atom. The summed E-state index contributed by atoms with van der Waals surface area (Å²) >= 11 is 0. The number of rotatable bonds is 2. The maximum absolute atomic E-state index is 10.8. The van der Waals surface area contributed by atoms with Gasteiger partial charge >= 0.3 is 12.1 Å². The molecule has 0 aromatic carbocycles. The van der Waals surface area contributed by atoms with Crippen molar-refractivity contribution >= 4 is 12.1 Å². The molecule has 0 unspecified atom stereocenters. The van der Waals surface area contributed by atoms with E-state index >= 15 is 0 Å². The Kier molecular flexibility index (Phi) is 7.53. The molecule has 15 heavy (non-hydrogen) atoms. The van der Waals surface area contributed by atoms with E-state index in [0.29, 0.717) is 0 Å². The fourth-order valence-electron chi connectivity index (χ4n) is 0.825. The van der Waals surface area contributed by atoms with Crippen LogP contribution in [0.2, 0.25) is 0 Å². The molecule has 0 aliphatic heterocycles. The first-order chi connectivity index (χ1) is 6.79. The first-order valence-electron chi connectivity index (χ1n) is 4.19. The molecular weight excluding hydrogens is 202 g/mol. The van der Waals surface area contributed by atoms with Gasteiger partial charge in [0.05, 0.1) is 7.11 Å². The van der Waals surface area contributed by atoms with Gasteiger partial charge in [-0.2, -0.15) is 0 Å². The molecule has 90 valence electrons. The van der Waals surface area contributed by atoms with E-state index in [-0.39, 0.29) is 0 Å². The number of amides is 1. The lowest BCUT2D eigenvalue weighted by Gasteiger charge is -2.26. The monoisotopic (exact) mass is 221 g/mol. The van der Waals surface area contributed by atoms with Gasteiger partial charge in [0.2, 0.25) is 0 Å². The summed E-state index contributed by atoms with van der Waals surface area (Å²) in [5.41, 5.74) is -0.542. The number of carboxylic acid groups (broad SMARTS) is 1. The summed E-state index contributed by atoms with van der Waals surface area (Å²) in [6.45, 7) is 5.17. The summed E-state index contributed by atoms with van der Waals surface area (Å²) in [6.07, 6.45) is -0.734. The van der Waals surface area contributed by atoms with Crippen molar-refractivity contribution in [3.8, 4) is 0 Å². The van der Waals surface area contributed by atoms with Crippen LogP contribution in [0.25, 0.3) is 0 Å². The average molecular weight is 221 g/mol. The van der Waals surface area contributed by atoms with Crippen molar-refractivity contribution in [2.75, 3.05) is 7.11 Å². The zero-order valence-corrected chi connectivity index (χ0v) is 9.40. The van der Waals surface area contributed by atoms with Gasteiger partial charge in [0, 0.05) is 0 Å². The summed E-state index contributed by atoms with van der Waals surface area (Å²) in [7, 11) is 1.19. The number of alkyl carbamates (subject to hydrolysis) is 1. The van der Waals surface area contributed by atoms with E-state index in [0.717, 1.165) is 0 Å². The number of carboxylic acids is 1. The third-order valence-electron chi connectivity index (χ3n) is 1.56. The number of hydrazine groups is 1. The lowest BCUT2D eigenvalue weighted by atomic mass is 9.87. The predicted octanol–water partition coefficient (Wildman–Crippen LogP) is -0.339. The first kappa shape index (κ1) is 16.1. The highest BCUT2D eigenvalue weighted by Crippen LogP contribution is 2.19. The molecule has 0 rings (SSSR count). The minimum Gasteiger partial charge on any atom is -0.480 e. The Balaban J connectivity index is 0. The highest BCUT2D eigenvalue weighted by molar-refractivity contribution is 5.80. The molecule has 0 radical (unpaired) electrons. The van der Waals surface area contributed by atoms with E-state index < -0.39 is 23.5 Å². The summed E-state index contributed by atoms with van der Waals surface area (Å²) in [5, 5.41) is 11.0. The van der Waals surface area contributed by atoms with Gasteiger partial charge in [-0.15, -0.1) is 0 Å². The molecule has 1 amide bonds. The quantitative estimate of drug-likeness (QED) is 0.373. The van der Waals surface area contributed by atoms with Gasteiger partial charge in [-0.1, -0.05) is 20.8 Å². The van der Waals surface area contributed by atoms with E-state index in [9.17, 15) is 9.59 Å². The maximum atomic E-state index is 10.8. The van der Waals surface area contributed by atoms with Crippen LogP contribution in [0.15, 0.2) is 0 Å². The van der Waals surface area contributed by atoms with Crippen LogP contribution in [-0.2, 0) is 9.53 Å².